The number of halogens is 3. The van der Waals surface area contributed by atoms with Crippen molar-refractivity contribution in [1.82, 2.24) is 44.7 Å². The molecule has 4 heterocycles. The molecule has 0 saturated heterocycles. The van der Waals surface area contributed by atoms with Gasteiger partial charge >= 0.3 is 6.18 Å². The second-order valence-electron chi connectivity index (χ2n) is 12.1. The summed E-state index contributed by atoms with van der Waals surface area (Å²) in [5, 5.41) is 8.13. The summed E-state index contributed by atoms with van der Waals surface area (Å²) in [5.41, 5.74) is 2.12. The minimum absolute atomic E-state index is 0.201. The van der Waals surface area contributed by atoms with Crippen LogP contribution in [0.25, 0.3) is 33.5 Å². The molecule has 49 heavy (non-hydrogen) atoms. The van der Waals surface area contributed by atoms with Crippen molar-refractivity contribution in [2.24, 2.45) is 0 Å². The highest BCUT2D eigenvalue weighted by Gasteiger charge is 2.35. The molecule has 1 fully saturated rings. The number of aromatic nitrogens is 9. The highest BCUT2D eigenvalue weighted by molar-refractivity contribution is 5.83. The van der Waals surface area contributed by atoms with Crippen molar-refractivity contribution in [1.29, 1.82) is 0 Å². The van der Waals surface area contributed by atoms with E-state index in [0.29, 0.717) is 45.2 Å². The molecular formula is C34H31F3N10O2. The van der Waals surface area contributed by atoms with Gasteiger partial charge in [-0.3, -0.25) is 4.79 Å². The molecular weight excluding hydrogens is 637 g/mol. The molecule has 6 aromatic rings. The van der Waals surface area contributed by atoms with Crippen LogP contribution in [-0.4, -0.2) is 51.8 Å². The molecule has 0 spiro atoms. The predicted octanol–water partition coefficient (Wildman–Crippen LogP) is 6.12. The van der Waals surface area contributed by atoms with E-state index in [1.165, 1.54) is 24.3 Å². The van der Waals surface area contributed by atoms with Crippen LogP contribution in [0.1, 0.15) is 61.3 Å². The summed E-state index contributed by atoms with van der Waals surface area (Å²) < 4.78 is 47.7. The van der Waals surface area contributed by atoms with Crippen LogP contribution in [0, 0.1) is 0 Å². The zero-order valence-electron chi connectivity index (χ0n) is 26.8. The number of rotatable bonds is 10. The van der Waals surface area contributed by atoms with Gasteiger partial charge in [-0.15, -0.1) is 0 Å². The van der Waals surface area contributed by atoms with Gasteiger partial charge in [0.15, 0.2) is 11.5 Å². The van der Waals surface area contributed by atoms with Crippen molar-refractivity contribution in [3.8, 4) is 28.7 Å². The Kier molecular flexibility index (Phi) is 8.26. The summed E-state index contributed by atoms with van der Waals surface area (Å²) in [6, 6.07) is 14.1. The summed E-state index contributed by atoms with van der Waals surface area (Å²) in [6.07, 6.45) is 1.35. The highest BCUT2D eigenvalue weighted by Crippen LogP contribution is 2.45. The molecule has 4 aromatic heterocycles. The van der Waals surface area contributed by atoms with Gasteiger partial charge in [-0.05, 0) is 38.3 Å². The average molecular weight is 669 g/mol. The van der Waals surface area contributed by atoms with E-state index in [2.05, 4.69) is 35.1 Å². The Hall–Kier alpha value is -5.73. The quantitative estimate of drug-likeness (QED) is 0.182. The van der Waals surface area contributed by atoms with Crippen LogP contribution in [0.2, 0.25) is 0 Å². The number of ether oxygens (including phenoxy) is 1. The maximum absolute atomic E-state index is 13.5. The third kappa shape index (κ3) is 6.43. The van der Waals surface area contributed by atoms with Crippen LogP contribution in [0.3, 0.4) is 0 Å². The maximum Gasteiger partial charge on any atom is 0.434 e. The molecule has 0 atom stereocenters. The Morgan fingerprint density at radius 2 is 1.69 bits per heavy atom. The van der Waals surface area contributed by atoms with E-state index in [1.54, 1.807) is 38.1 Å². The Bertz CT molecular complexity index is 2190. The van der Waals surface area contributed by atoms with E-state index in [9.17, 15) is 18.0 Å². The van der Waals surface area contributed by atoms with Crippen LogP contribution in [0.15, 0.2) is 72.2 Å². The molecule has 0 radical (unpaired) electrons. The van der Waals surface area contributed by atoms with Gasteiger partial charge in [0, 0.05) is 35.7 Å². The number of imidazole rings is 1. The number of hydrogen-bond acceptors (Lipinski definition) is 10. The van der Waals surface area contributed by atoms with E-state index >= 15 is 0 Å². The molecule has 1 aliphatic rings. The number of aromatic amines is 1. The molecule has 0 bridgehead atoms. The maximum atomic E-state index is 13.5. The summed E-state index contributed by atoms with van der Waals surface area (Å²) in [6.45, 7) is 4.09. The van der Waals surface area contributed by atoms with Gasteiger partial charge in [-0.2, -0.15) is 23.3 Å². The monoisotopic (exact) mass is 668 g/mol. The Morgan fingerprint density at radius 1 is 0.959 bits per heavy atom. The number of nitrogens with zero attached hydrogens (tertiary/aromatic N) is 9. The number of alkyl halides is 3. The lowest BCUT2D eigenvalue weighted by Gasteiger charge is -2.23. The fraction of sp³-hybridized carbons (Fsp3) is 0.294. The summed E-state index contributed by atoms with van der Waals surface area (Å²) in [5.74, 6) is 1.52. The van der Waals surface area contributed by atoms with Gasteiger partial charge in [0.05, 0.1) is 30.4 Å². The van der Waals surface area contributed by atoms with E-state index in [4.69, 9.17) is 9.72 Å². The average Bonchev–Trinajstić information content (AvgIpc) is 3.85. The van der Waals surface area contributed by atoms with Crippen molar-refractivity contribution in [2.45, 2.75) is 57.9 Å². The molecule has 0 unspecified atom stereocenters. The molecule has 12 nitrogen and oxygen atoms in total. The summed E-state index contributed by atoms with van der Waals surface area (Å²) >= 11 is 0. The Morgan fingerprint density at radius 3 is 2.39 bits per heavy atom. The molecule has 250 valence electrons. The standard InChI is InChI=1S/C34H31F3N10O2/c1-19(2)47-16-26(34(35,36)37)42-30(47)22-10-8-20(9-11-22)14-46(15-25-23-6-4-5-7-24(23)31(48)45-44-25)33-41-18-39-29(43-33)27-28(21-12-13-21)38-17-40-32(27)49-3/h4-11,16-19,21H,12-15H2,1-3H3,(H,45,48). The molecule has 1 aliphatic carbocycles. The first-order chi connectivity index (χ1) is 23.6. The molecule has 0 aliphatic heterocycles. The van der Waals surface area contributed by atoms with Crippen molar-refractivity contribution < 1.29 is 17.9 Å². The highest BCUT2D eigenvalue weighted by atomic mass is 19.4. The van der Waals surface area contributed by atoms with Gasteiger partial charge in [-0.25, -0.2) is 30.0 Å². The SMILES string of the molecule is COc1ncnc(C2CC2)c1-c1ncnc(N(Cc2ccc(-c3nc(C(F)(F)F)cn3C(C)C)cc2)Cc2n[nH]c(=O)c3ccccc23)n1. The first kappa shape index (κ1) is 31.8. The molecule has 15 heteroatoms. The van der Waals surface area contributed by atoms with E-state index in [0.717, 1.165) is 30.3 Å². The minimum atomic E-state index is -4.56. The Balaban J connectivity index is 1.28. The van der Waals surface area contributed by atoms with Crippen LogP contribution < -0.4 is 15.2 Å². The van der Waals surface area contributed by atoms with E-state index in [1.807, 2.05) is 29.2 Å². The molecule has 0 amide bonds. The summed E-state index contributed by atoms with van der Waals surface area (Å²) in [4.78, 5) is 41.0. The molecule has 7 rings (SSSR count). The molecule has 1 saturated carbocycles. The summed E-state index contributed by atoms with van der Waals surface area (Å²) in [7, 11) is 1.53. The van der Waals surface area contributed by atoms with Gasteiger partial charge in [0.2, 0.25) is 11.8 Å². The van der Waals surface area contributed by atoms with Crippen LogP contribution in [0.4, 0.5) is 19.1 Å². The Labute approximate surface area is 278 Å². The van der Waals surface area contributed by atoms with Crippen LogP contribution in [-0.2, 0) is 19.3 Å². The molecule has 2 aromatic carbocycles. The third-order valence-corrected chi connectivity index (χ3v) is 8.35. The molecule has 1 N–H and O–H groups in total. The number of H-pyrrole nitrogens is 1. The lowest BCUT2D eigenvalue weighted by Crippen LogP contribution is -2.26. The van der Waals surface area contributed by atoms with Crippen molar-refractivity contribution >= 4 is 16.7 Å². The predicted molar refractivity (Wildman–Crippen MR) is 175 cm³/mol. The van der Waals surface area contributed by atoms with Gasteiger partial charge in [0.25, 0.3) is 5.56 Å². The number of fused-ring (bicyclic) bond motifs is 1. The lowest BCUT2D eigenvalue weighted by molar-refractivity contribution is -0.140. The normalized spacial score (nSPS) is 13.3. The van der Waals surface area contributed by atoms with Crippen LogP contribution >= 0.6 is 0 Å². The second-order valence-corrected chi connectivity index (χ2v) is 12.1. The van der Waals surface area contributed by atoms with Gasteiger partial charge in [0.1, 0.15) is 24.0 Å². The third-order valence-electron chi connectivity index (χ3n) is 8.35. The number of methoxy groups -OCH3 is 1. The zero-order chi connectivity index (χ0) is 34.3. The smallest absolute Gasteiger partial charge is 0.434 e. The number of nitrogens with one attached hydrogen (secondary N) is 1. The fourth-order valence-electron chi connectivity index (χ4n) is 5.76. The first-order valence-corrected chi connectivity index (χ1v) is 15.7. The first-order valence-electron chi connectivity index (χ1n) is 15.7. The van der Waals surface area contributed by atoms with E-state index in [-0.39, 0.29) is 36.4 Å². The number of benzene rings is 2. The lowest BCUT2D eigenvalue weighted by atomic mass is 10.1. The van der Waals surface area contributed by atoms with Crippen molar-refractivity contribution in [2.75, 3.05) is 12.0 Å². The van der Waals surface area contributed by atoms with Gasteiger partial charge < -0.3 is 14.2 Å². The van der Waals surface area contributed by atoms with Crippen LogP contribution in [0.5, 0.6) is 5.88 Å². The topological polar surface area (TPSA) is 140 Å². The number of anilines is 1. The van der Waals surface area contributed by atoms with Gasteiger partial charge in [-0.1, -0.05) is 42.5 Å². The van der Waals surface area contributed by atoms with Crippen molar-refractivity contribution in [3.63, 3.8) is 0 Å². The van der Waals surface area contributed by atoms with Crippen molar-refractivity contribution in [3.05, 3.63) is 100 Å². The van der Waals surface area contributed by atoms with E-state index < -0.39 is 11.9 Å². The fourth-order valence-corrected chi connectivity index (χ4v) is 5.76. The zero-order valence-corrected chi connectivity index (χ0v) is 26.8. The second kappa shape index (κ2) is 12.7. The number of hydrogen-bond donors (Lipinski definition) is 1. The minimum Gasteiger partial charge on any atom is -0.480 e. The largest absolute Gasteiger partial charge is 0.480 e.